The van der Waals surface area contributed by atoms with Crippen LogP contribution in [0, 0.1) is 37.5 Å². The molecular weight excluding hydrogens is 242 g/mol. The van der Waals surface area contributed by atoms with E-state index in [1.807, 2.05) is 0 Å². The molecule has 0 atom stereocenters. The maximum absolute atomic E-state index is 3.94. The normalized spacial score (nSPS) is 38.4. The van der Waals surface area contributed by atoms with Crippen molar-refractivity contribution in [1.29, 1.82) is 0 Å². The van der Waals surface area contributed by atoms with Crippen LogP contribution >= 0.6 is 0 Å². The molecule has 0 unspecified atom stereocenters. The maximum Gasteiger partial charge on any atom is 0.0210 e. The summed E-state index contributed by atoms with van der Waals surface area (Å²) >= 11 is 0. The number of aryl methyl sites for hydroxylation is 2. The summed E-state index contributed by atoms with van der Waals surface area (Å²) in [5.74, 6) is 4.13. The maximum atomic E-state index is 3.94. The lowest BCUT2D eigenvalue weighted by Crippen LogP contribution is -2.54. The molecule has 4 aliphatic carbocycles. The predicted molar refractivity (Wildman–Crippen MR) is 83.6 cm³/mol. The van der Waals surface area contributed by atoms with Crippen molar-refractivity contribution >= 4 is 0 Å². The summed E-state index contributed by atoms with van der Waals surface area (Å²) in [5.41, 5.74) is 4.31. The zero-order valence-electron chi connectivity index (χ0n) is 12.9. The Bertz CT molecular complexity index is 476. The minimum Gasteiger partial charge on any atom is -0.309 e. The minimum absolute atomic E-state index is 0.809. The summed E-state index contributed by atoms with van der Waals surface area (Å²) in [6.45, 7) is 5.50. The molecule has 108 valence electrons. The Morgan fingerprint density at radius 3 is 2.20 bits per heavy atom. The lowest BCUT2D eigenvalue weighted by atomic mass is 9.54. The van der Waals surface area contributed by atoms with E-state index in [-0.39, 0.29) is 0 Å². The van der Waals surface area contributed by atoms with Crippen molar-refractivity contribution in [2.45, 2.75) is 58.5 Å². The largest absolute Gasteiger partial charge is 0.309 e. The van der Waals surface area contributed by atoms with E-state index in [1.165, 1.54) is 42.4 Å². The average Bonchev–Trinajstić information content (AvgIpc) is 2.39. The lowest BCUT2D eigenvalue weighted by Gasteiger charge is -2.54. The highest BCUT2D eigenvalue weighted by molar-refractivity contribution is 5.30. The average molecular weight is 269 g/mol. The molecule has 1 aromatic carbocycles. The molecule has 0 aliphatic heterocycles. The van der Waals surface area contributed by atoms with Crippen molar-refractivity contribution in [3.8, 4) is 0 Å². The van der Waals surface area contributed by atoms with E-state index in [0.29, 0.717) is 0 Å². The summed E-state index contributed by atoms with van der Waals surface area (Å²) in [5, 5.41) is 3.94. The smallest absolute Gasteiger partial charge is 0.0210 e. The van der Waals surface area contributed by atoms with Gasteiger partial charge in [0, 0.05) is 12.6 Å². The van der Waals surface area contributed by atoms with Gasteiger partial charge in [0.25, 0.3) is 0 Å². The van der Waals surface area contributed by atoms with E-state index < -0.39 is 0 Å². The van der Waals surface area contributed by atoms with Crippen LogP contribution in [0.4, 0.5) is 0 Å². The van der Waals surface area contributed by atoms with Crippen LogP contribution in [0.25, 0.3) is 0 Å². The molecule has 1 aromatic rings. The molecule has 5 rings (SSSR count). The highest BCUT2D eigenvalue weighted by atomic mass is 14.9. The predicted octanol–water partition coefficient (Wildman–Crippen LogP) is 4.22. The number of hydrogen-bond donors (Lipinski definition) is 1. The van der Waals surface area contributed by atoms with E-state index in [4.69, 9.17) is 0 Å². The molecule has 4 fully saturated rings. The molecule has 1 nitrogen and oxygen atoms in total. The van der Waals surface area contributed by atoms with Gasteiger partial charge < -0.3 is 5.32 Å². The van der Waals surface area contributed by atoms with Crippen molar-refractivity contribution in [1.82, 2.24) is 5.32 Å². The first-order chi connectivity index (χ1) is 9.69. The molecule has 1 heteroatoms. The van der Waals surface area contributed by atoms with Gasteiger partial charge in [-0.25, -0.2) is 0 Å². The van der Waals surface area contributed by atoms with Crippen LogP contribution in [0.15, 0.2) is 18.2 Å². The molecule has 4 aliphatic rings. The fourth-order valence-electron chi connectivity index (χ4n) is 5.53. The second-order valence-corrected chi connectivity index (χ2v) is 7.77. The van der Waals surface area contributed by atoms with E-state index in [0.717, 1.165) is 36.3 Å². The van der Waals surface area contributed by atoms with Gasteiger partial charge in [-0.3, -0.25) is 0 Å². The van der Waals surface area contributed by atoms with E-state index in [1.54, 1.807) is 6.42 Å². The molecule has 4 saturated carbocycles. The topological polar surface area (TPSA) is 12.0 Å². The molecule has 1 N–H and O–H groups in total. The van der Waals surface area contributed by atoms with Gasteiger partial charge >= 0.3 is 0 Å². The Balaban J connectivity index is 1.44. The van der Waals surface area contributed by atoms with Crippen LogP contribution in [0.1, 0.15) is 48.8 Å². The zero-order chi connectivity index (χ0) is 13.7. The van der Waals surface area contributed by atoms with Crippen LogP contribution in [0.5, 0.6) is 0 Å². The first-order valence-electron chi connectivity index (χ1n) is 8.48. The summed E-state index contributed by atoms with van der Waals surface area (Å²) in [6, 6.07) is 7.69. The molecule has 0 amide bonds. The molecule has 0 radical (unpaired) electrons. The second-order valence-electron chi connectivity index (χ2n) is 7.77. The summed E-state index contributed by atoms with van der Waals surface area (Å²) in [7, 11) is 0. The van der Waals surface area contributed by atoms with Crippen LogP contribution in [-0.2, 0) is 6.54 Å². The number of benzene rings is 1. The first-order valence-corrected chi connectivity index (χ1v) is 8.48. The third kappa shape index (κ3) is 2.20. The van der Waals surface area contributed by atoms with Crippen molar-refractivity contribution in [2.75, 3.05) is 0 Å². The fraction of sp³-hybridized carbons (Fsp3) is 0.684. The Hall–Kier alpha value is -0.820. The highest BCUT2D eigenvalue weighted by Gasteiger charge is 2.47. The van der Waals surface area contributed by atoms with Crippen molar-refractivity contribution in [3.05, 3.63) is 34.9 Å². The Morgan fingerprint density at radius 1 is 0.950 bits per heavy atom. The van der Waals surface area contributed by atoms with Gasteiger partial charge in [-0.2, -0.15) is 0 Å². The molecule has 0 heterocycles. The van der Waals surface area contributed by atoms with Gasteiger partial charge in [0.2, 0.25) is 0 Å². The fourth-order valence-corrected chi connectivity index (χ4v) is 5.53. The molecular formula is C19H27N. The molecule has 0 aromatic heterocycles. The van der Waals surface area contributed by atoms with Crippen LogP contribution in [0.2, 0.25) is 0 Å². The van der Waals surface area contributed by atoms with Gasteiger partial charge in [-0.15, -0.1) is 0 Å². The summed E-state index contributed by atoms with van der Waals surface area (Å²) < 4.78 is 0. The zero-order valence-corrected chi connectivity index (χ0v) is 12.9. The van der Waals surface area contributed by atoms with Crippen LogP contribution < -0.4 is 5.32 Å². The van der Waals surface area contributed by atoms with E-state index in [2.05, 4.69) is 37.4 Å². The van der Waals surface area contributed by atoms with Crippen LogP contribution in [-0.4, -0.2) is 6.04 Å². The van der Waals surface area contributed by atoms with Gasteiger partial charge in [-0.1, -0.05) is 23.8 Å². The molecule has 0 spiro atoms. The van der Waals surface area contributed by atoms with Gasteiger partial charge in [0.1, 0.15) is 0 Å². The standard InChI is InChI=1S/C19H27N/c1-12-3-4-16(13(2)5-12)11-20-19-17-7-14-6-15(9-17)10-18(19)8-14/h3-5,14-15,17-20H,6-11H2,1-2H3. The number of hydrogen-bond acceptors (Lipinski definition) is 1. The monoisotopic (exact) mass is 269 g/mol. The molecule has 0 saturated heterocycles. The molecule has 20 heavy (non-hydrogen) atoms. The Kier molecular flexibility index (Phi) is 3.14. The second kappa shape index (κ2) is 4.87. The summed E-state index contributed by atoms with van der Waals surface area (Å²) in [6.07, 6.45) is 7.60. The van der Waals surface area contributed by atoms with Crippen molar-refractivity contribution in [2.24, 2.45) is 23.7 Å². The van der Waals surface area contributed by atoms with Crippen molar-refractivity contribution in [3.63, 3.8) is 0 Å². The Morgan fingerprint density at radius 2 is 1.60 bits per heavy atom. The van der Waals surface area contributed by atoms with E-state index in [9.17, 15) is 0 Å². The van der Waals surface area contributed by atoms with Crippen LogP contribution in [0.3, 0.4) is 0 Å². The first kappa shape index (κ1) is 12.9. The number of nitrogens with one attached hydrogen (secondary N) is 1. The highest BCUT2D eigenvalue weighted by Crippen LogP contribution is 2.53. The molecule has 4 bridgehead atoms. The van der Waals surface area contributed by atoms with Gasteiger partial charge in [0.05, 0.1) is 0 Å². The van der Waals surface area contributed by atoms with E-state index >= 15 is 0 Å². The van der Waals surface area contributed by atoms with Crippen molar-refractivity contribution < 1.29 is 0 Å². The third-order valence-electron chi connectivity index (χ3n) is 6.25. The lowest BCUT2D eigenvalue weighted by molar-refractivity contribution is -0.0142. The third-order valence-corrected chi connectivity index (χ3v) is 6.25. The summed E-state index contributed by atoms with van der Waals surface area (Å²) in [4.78, 5) is 0. The number of rotatable bonds is 3. The minimum atomic E-state index is 0.809. The SMILES string of the molecule is Cc1ccc(CNC2C3CC4CC(C3)CC2C4)c(C)c1. The quantitative estimate of drug-likeness (QED) is 0.866. The van der Waals surface area contributed by atoms with Gasteiger partial charge in [-0.05, 0) is 80.8 Å². The Labute approximate surface area is 123 Å². The van der Waals surface area contributed by atoms with Gasteiger partial charge in [0.15, 0.2) is 0 Å².